The molecule has 30 heavy (non-hydrogen) atoms. The third-order valence-corrected chi connectivity index (χ3v) is 8.38. The number of aromatic nitrogens is 2. The number of rotatable bonds is 15. The van der Waals surface area contributed by atoms with Gasteiger partial charge in [0.05, 0.1) is 5.69 Å². The van der Waals surface area contributed by atoms with E-state index in [0.717, 1.165) is 18.3 Å². The third-order valence-electron chi connectivity index (χ3n) is 7.23. The lowest BCUT2D eigenvalue weighted by Gasteiger charge is -2.27. The summed E-state index contributed by atoms with van der Waals surface area (Å²) in [6.45, 7) is 4.59. The summed E-state index contributed by atoms with van der Waals surface area (Å²) in [4.78, 5) is 7.74. The third kappa shape index (κ3) is 7.70. The Hall–Kier alpha value is -0.830. The number of fused-ring (bicyclic) bond motifs is 1. The summed E-state index contributed by atoms with van der Waals surface area (Å²) in [7, 11) is 0. The predicted molar refractivity (Wildman–Crippen MR) is 133 cm³/mol. The first-order valence-corrected chi connectivity index (χ1v) is 14.1. The molecule has 3 heteroatoms. The number of thiazole rings is 1. The van der Waals surface area contributed by atoms with Crippen LogP contribution in [0.4, 0.5) is 0 Å². The van der Waals surface area contributed by atoms with Crippen LogP contribution >= 0.6 is 11.3 Å². The average molecular weight is 431 g/mol. The fourth-order valence-electron chi connectivity index (χ4n) is 5.21. The number of hydrogen-bond acceptors (Lipinski definition) is 2. The van der Waals surface area contributed by atoms with Crippen LogP contribution < -0.4 is 0 Å². The first-order valence-electron chi connectivity index (χ1n) is 13.3. The lowest BCUT2D eigenvalue weighted by molar-refractivity contribution is 0.303. The SMILES string of the molecule is CCCCCCCCCc1cn2cc(C3CCC(CCCCCCC)CC3)sc2n1. The summed E-state index contributed by atoms with van der Waals surface area (Å²) < 4.78 is 2.32. The molecule has 0 bridgehead atoms. The van der Waals surface area contributed by atoms with Gasteiger partial charge in [-0.2, -0.15) is 0 Å². The molecule has 0 spiro atoms. The molecule has 1 aliphatic carbocycles. The summed E-state index contributed by atoms with van der Waals surface area (Å²) in [6.07, 6.45) is 29.8. The van der Waals surface area contributed by atoms with E-state index in [-0.39, 0.29) is 0 Å². The maximum absolute atomic E-state index is 4.94. The van der Waals surface area contributed by atoms with Crippen LogP contribution in [0.15, 0.2) is 12.4 Å². The lowest BCUT2D eigenvalue weighted by atomic mass is 9.79. The van der Waals surface area contributed by atoms with Crippen LogP contribution in [0.5, 0.6) is 0 Å². The van der Waals surface area contributed by atoms with Crippen molar-refractivity contribution in [2.75, 3.05) is 0 Å². The zero-order valence-corrected chi connectivity index (χ0v) is 20.7. The molecule has 2 heterocycles. The molecule has 1 aliphatic rings. The van der Waals surface area contributed by atoms with Crippen molar-refractivity contribution in [2.24, 2.45) is 5.92 Å². The molecule has 1 saturated carbocycles. The van der Waals surface area contributed by atoms with E-state index in [2.05, 4.69) is 30.6 Å². The standard InChI is InChI=1S/C27H46N2S/c1-3-5-7-9-10-12-14-16-25-21-29-22-26(30-27(29)28-25)24-19-17-23(18-20-24)15-13-11-8-6-4-2/h21-24H,3-20H2,1-2H3. The van der Waals surface area contributed by atoms with Gasteiger partial charge >= 0.3 is 0 Å². The Labute approximate surface area is 189 Å². The van der Waals surface area contributed by atoms with Crippen molar-refractivity contribution in [3.05, 3.63) is 23.0 Å². The molecule has 0 N–H and O–H groups in total. The highest BCUT2D eigenvalue weighted by molar-refractivity contribution is 7.17. The predicted octanol–water partition coefficient (Wildman–Crippen LogP) is 9.32. The summed E-state index contributed by atoms with van der Waals surface area (Å²) in [6, 6.07) is 0. The zero-order valence-electron chi connectivity index (χ0n) is 19.8. The Morgan fingerprint density at radius 1 is 0.800 bits per heavy atom. The van der Waals surface area contributed by atoms with Crippen LogP contribution in [0.2, 0.25) is 0 Å². The van der Waals surface area contributed by atoms with E-state index in [1.54, 1.807) is 4.88 Å². The van der Waals surface area contributed by atoms with Gasteiger partial charge in [-0.25, -0.2) is 4.98 Å². The number of imidazole rings is 1. The van der Waals surface area contributed by atoms with E-state index >= 15 is 0 Å². The van der Waals surface area contributed by atoms with Gasteiger partial charge in [-0.05, 0) is 50.4 Å². The molecule has 2 nitrogen and oxygen atoms in total. The van der Waals surface area contributed by atoms with Gasteiger partial charge < -0.3 is 0 Å². The monoisotopic (exact) mass is 430 g/mol. The van der Waals surface area contributed by atoms with Gasteiger partial charge in [0.25, 0.3) is 0 Å². The van der Waals surface area contributed by atoms with Crippen LogP contribution in [0, 0.1) is 5.92 Å². The Kier molecular flexibility index (Phi) is 10.8. The molecule has 1 fully saturated rings. The van der Waals surface area contributed by atoms with Crippen LogP contribution in [-0.4, -0.2) is 9.38 Å². The maximum Gasteiger partial charge on any atom is 0.194 e. The van der Waals surface area contributed by atoms with Gasteiger partial charge in [-0.15, -0.1) is 11.3 Å². The van der Waals surface area contributed by atoms with Gasteiger partial charge in [-0.1, -0.05) is 90.9 Å². The number of hydrogen-bond donors (Lipinski definition) is 0. The van der Waals surface area contributed by atoms with E-state index in [0.29, 0.717) is 0 Å². The van der Waals surface area contributed by atoms with Crippen LogP contribution in [-0.2, 0) is 6.42 Å². The largest absolute Gasteiger partial charge is 0.297 e. The molecule has 0 aromatic carbocycles. The molecular formula is C27H46N2S. The molecule has 0 radical (unpaired) electrons. The second kappa shape index (κ2) is 13.6. The second-order valence-electron chi connectivity index (χ2n) is 9.85. The van der Waals surface area contributed by atoms with Crippen molar-refractivity contribution < 1.29 is 0 Å². The number of nitrogens with zero attached hydrogens (tertiary/aromatic N) is 2. The van der Waals surface area contributed by atoms with E-state index < -0.39 is 0 Å². The summed E-state index contributed by atoms with van der Waals surface area (Å²) >= 11 is 1.96. The normalized spacial score (nSPS) is 19.7. The molecule has 0 saturated heterocycles. The molecule has 0 amide bonds. The van der Waals surface area contributed by atoms with Crippen molar-refractivity contribution in [3.8, 4) is 0 Å². The van der Waals surface area contributed by atoms with Gasteiger partial charge in [0.1, 0.15) is 0 Å². The van der Waals surface area contributed by atoms with Crippen LogP contribution in [0.3, 0.4) is 0 Å². The topological polar surface area (TPSA) is 17.3 Å². The highest BCUT2D eigenvalue weighted by atomic mass is 32.1. The minimum Gasteiger partial charge on any atom is -0.297 e. The van der Waals surface area contributed by atoms with Crippen molar-refractivity contribution >= 4 is 16.3 Å². The fourth-order valence-corrected chi connectivity index (χ4v) is 6.36. The van der Waals surface area contributed by atoms with Crippen molar-refractivity contribution in [2.45, 2.75) is 135 Å². The van der Waals surface area contributed by atoms with E-state index in [4.69, 9.17) is 4.98 Å². The smallest absolute Gasteiger partial charge is 0.194 e. The van der Waals surface area contributed by atoms with Gasteiger partial charge in [0.15, 0.2) is 4.96 Å². The highest BCUT2D eigenvalue weighted by Gasteiger charge is 2.24. The minimum atomic E-state index is 0.791. The van der Waals surface area contributed by atoms with Crippen LogP contribution in [0.1, 0.15) is 139 Å². The molecular weight excluding hydrogens is 384 g/mol. The quantitative estimate of drug-likeness (QED) is 0.257. The number of aryl methyl sites for hydroxylation is 1. The first kappa shape index (κ1) is 23.8. The molecule has 3 rings (SSSR count). The van der Waals surface area contributed by atoms with Gasteiger partial charge in [0, 0.05) is 17.3 Å². The van der Waals surface area contributed by atoms with Crippen molar-refractivity contribution in [1.82, 2.24) is 9.38 Å². The minimum absolute atomic E-state index is 0.791. The molecule has 2 aromatic rings. The van der Waals surface area contributed by atoms with Crippen molar-refractivity contribution in [3.63, 3.8) is 0 Å². The summed E-state index contributed by atoms with van der Waals surface area (Å²) in [5.41, 5.74) is 1.30. The molecule has 2 aromatic heterocycles. The number of unbranched alkanes of at least 4 members (excludes halogenated alkanes) is 10. The highest BCUT2D eigenvalue weighted by Crippen LogP contribution is 2.40. The lowest BCUT2D eigenvalue weighted by Crippen LogP contribution is -2.12. The van der Waals surface area contributed by atoms with Gasteiger partial charge in [0.2, 0.25) is 0 Å². The second-order valence-corrected chi connectivity index (χ2v) is 10.9. The Bertz CT molecular complexity index is 661. The Morgan fingerprint density at radius 3 is 2.10 bits per heavy atom. The Balaban J connectivity index is 1.35. The molecule has 170 valence electrons. The Morgan fingerprint density at radius 2 is 1.43 bits per heavy atom. The average Bonchev–Trinajstić information content (AvgIpc) is 3.32. The maximum atomic E-state index is 4.94. The molecule has 0 aliphatic heterocycles. The van der Waals surface area contributed by atoms with Gasteiger partial charge in [-0.3, -0.25) is 4.40 Å². The van der Waals surface area contributed by atoms with E-state index in [1.165, 1.54) is 120 Å². The fraction of sp³-hybridized carbons (Fsp3) is 0.815. The van der Waals surface area contributed by atoms with E-state index in [1.807, 2.05) is 11.3 Å². The molecule has 0 unspecified atom stereocenters. The van der Waals surface area contributed by atoms with Crippen LogP contribution in [0.25, 0.3) is 4.96 Å². The first-order chi connectivity index (χ1) is 14.8. The summed E-state index contributed by atoms with van der Waals surface area (Å²) in [5, 5.41) is 0. The van der Waals surface area contributed by atoms with E-state index in [9.17, 15) is 0 Å². The summed E-state index contributed by atoms with van der Waals surface area (Å²) in [5.74, 6) is 1.79. The molecule has 0 atom stereocenters. The zero-order chi connectivity index (χ0) is 21.0. The van der Waals surface area contributed by atoms with Crippen molar-refractivity contribution in [1.29, 1.82) is 0 Å².